The summed E-state index contributed by atoms with van der Waals surface area (Å²) in [5, 5.41) is 9.10. The van der Waals surface area contributed by atoms with Gasteiger partial charge in [0.25, 0.3) is 0 Å². The second kappa shape index (κ2) is 10.3. The van der Waals surface area contributed by atoms with Crippen LogP contribution in [0.2, 0.25) is 0 Å². The predicted molar refractivity (Wildman–Crippen MR) is 135 cm³/mol. The van der Waals surface area contributed by atoms with Gasteiger partial charge >= 0.3 is 6.09 Å². The first-order valence-electron chi connectivity index (χ1n) is 13.0. The lowest BCUT2D eigenvalue weighted by molar-refractivity contribution is 0.0340. The molecule has 3 saturated heterocycles. The normalized spacial score (nSPS) is 24.7. The number of benzene rings is 2. The van der Waals surface area contributed by atoms with E-state index in [9.17, 15) is 4.79 Å². The van der Waals surface area contributed by atoms with Crippen LogP contribution in [0.15, 0.2) is 42.5 Å². The van der Waals surface area contributed by atoms with Gasteiger partial charge in [0.05, 0.1) is 25.3 Å². The van der Waals surface area contributed by atoms with E-state index in [1.165, 1.54) is 5.56 Å². The number of carbonyl (C=O) groups excluding carboxylic acids is 1. The van der Waals surface area contributed by atoms with Gasteiger partial charge in [-0.25, -0.2) is 4.79 Å². The van der Waals surface area contributed by atoms with Gasteiger partial charge in [-0.3, -0.25) is 0 Å². The summed E-state index contributed by atoms with van der Waals surface area (Å²) < 4.78 is 11.1. The molecule has 2 aromatic rings. The van der Waals surface area contributed by atoms with Crippen molar-refractivity contribution in [3.63, 3.8) is 0 Å². The van der Waals surface area contributed by atoms with Crippen molar-refractivity contribution in [3.05, 3.63) is 53.6 Å². The molecule has 2 aromatic carbocycles. The molecular weight excluding hydrogens is 438 g/mol. The van der Waals surface area contributed by atoms with Gasteiger partial charge in [0.15, 0.2) is 0 Å². The maximum atomic E-state index is 12.4. The summed E-state index contributed by atoms with van der Waals surface area (Å²) in [7, 11) is 1.75. The highest BCUT2D eigenvalue weighted by molar-refractivity contribution is 5.69. The molecule has 3 aliphatic rings. The Morgan fingerprint density at radius 3 is 2.23 bits per heavy atom. The van der Waals surface area contributed by atoms with Gasteiger partial charge < -0.3 is 19.3 Å². The van der Waals surface area contributed by atoms with E-state index in [0.29, 0.717) is 36.2 Å². The summed E-state index contributed by atoms with van der Waals surface area (Å²) in [5.74, 6) is 1.43. The Kier molecular flexibility index (Phi) is 6.97. The second-order valence-electron chi connectivity index (χ2n) is 10.1. The molecule has 6 heteroatoms. The number of amides is 1. The summed E-state index contributed by atoms with van der Waals surface area (Å²) in [6, 6.07) is 17.7. The average Bonchev–Trinajstić information content (AvgIpc) is 3.18. The molecule has 184 valence electrons. The fourth-order valence-corrected chi connectivity index (χ4v) is 6.49. The number of rotatable bonds is 5. The Hall–Kier alpha value is -3.04. The van der Waals surface area contributed by atoms with Gasteiger partial charge in [-0.15, -0.1) is 0 Å². The third-order valence-electron chi connectivity index (χ3n) is 8.25. The van der Waals surface area contributed by atoms with Crippen LogP contribution >= 0.6 is 0 Å². The molecule has 5 rings (SSSR count). The first-order valence-corrected chi connectivity index (χ1v) is 13.0. The summed E-state index contributed by atoms with van der Waals surface area (Å²) in [6.45, 7) is 4.49. The van der Waals surface area contributed by atoms with Crippen molar-refractivity contribution < 1.29 is 14.3 Å². The third-order valence-corrected chi connectivity index (χ3v) is 8.25. The molecule has 0 saturated carbocycles. The van der Waals surface area contributed by atoms with Gasteiger partial charge in [0.1, 0.15) is 5.75 Å². The number of piperidine rings is 2. The number of nitrogens with zero attached hydrogens (tertiary/aromatic N) is 3. The average molecular weight is 474 g/mol. The molecule has 3 heterocycles. The molecule has 2 atom stereocenters. The summed E-state index contributed by atoms with van der Waals surface area (Å²) in [5.41, 5.74) is 4.24. The van der Waals surface area contributed by atoms with Crippen LogP contribution in [-0.2, 0) is 4.74 Å². The summed E-state index contributed by atoms with van der Waals surface area (Å²) >= 11 is 0. The predicted octanol–water partition coefficient (Wildman–Crippen LogP) is 5.57. The van der Waals surface area contributed by atoms with Crippen molar-refractivity contribution in [1.29, 1.82) is 5.26 Å². The van der Waals surface area contributed by atoms with Crippen molar-refractivity contribution in [2.75, 3.05) is 26.8 Å². The van der Waals surface area contributed by atoms with Crippen LogP contribution in [0.25, 0.3) is 11.1 Å². The maximum absolute atomic E-state index is 12.4. The van der Waals surface area contributed by atoms with Gasteiger partial charge in [0.2, 0.25) is 0 Å². The molecule has 35 heavy (non-hydrogen) atoms. The molecule has 3 fully saturated rings. The molecule has 0 aliphatic carbocycles. The number of fused-ring (bicyclic) bond motifs is 2. The largest absolute Gasteiger partial charge is 0.496 e. The van der Waals surface area contributed by atoms with Gasteiger partial charge in [-0.1, -0.05) is 18.2 Å². The first-order chi connectivity index (χ1) is 17.1. The minimum Gasteiger partial charge on any atom is -0.496 e. The molecule has 0 spiro atoms. The minimum absolute atomic E-state index is 0.119. The molecular formula is C29H35N3O3. The molecule has 1 amide bonds. The maximum Gasteiger partial charge on any atom is 0.410 e. The lowest BCUT2D eigenvalue weighted by Crippen LogP contribution is -2.53. The van der Waals surface area contributed by atoms with Crippen LogP contribution in [0, 0.1) is 11.3 Å². The lowest BCUT2D eigenvalue weighted by atomic mass is 9.85. The van der Waals surface area contributed by atoms with Crippen molar-refractivity contribution in [3.8, 4) is 22.9 Å². The third kappa shape index (κ3) is 4.75. The highest BCUT2D eigenvalue weighted by Gasteiger charge is 2.45. The molecule has 6 nitrogen and oxygen atoms in total. The van der Waals surface area contributed by atoms with Crippen molar-refractivity contribution in [2.45, 2.75) is 69.5 Å². The SMILES string of the molecule is CCOC(=O)N1C2CCC1CC(N1CCC(c3cc(-c4ccc(C#N)cc4)ccc3OC)CC1)C2. The lowest BCUT2D eigenvalue weighted by Gasteiger charge is -2.45. The fraction of sp³-hybridized carbons (Fsp3) is 0.517. The number of hydrogen-bond donors (Lipinski definition) is 0. The van der Waals surface area contributed by atoms with E-state index in [0.717, 1.165) is 68.5 Å². The first kappa shape index (κ1) is 23.7. The quantitative estimate of drug-likeness (QED) is 0.568. The van der Waals surface area contributed by atoms with Crippen LogP contribution in [0.5, 0.6) is 5.75 Å². The van der Waals surface area contributed by atoms with Crippen molar-refractivity contribution >= 4 is 6.09 Å². The van der Waals surface area contributed by atoms with E-state index in [1.807, 2.05) is 36.1 Å². The fourth-order valence-electron chi connectivity index (χ4n) is 6.49. The van der Waals surface area contributed by atoms with Crippen LogP contribution in [0.3, 0.4) is 0 Å². The van der Waals surface area contributed by atoms with Gasteiger partial charge in [0, 0.05) is 18.1 Å². The van der Waals surface area contributed by atoms with Crippen molar-refractivity contribution in [2.24, 2.45) is 0 Å². The highest BCUT2D eigenvalue weighted by atomic mass is 16.6. The molecule has 2 unspecified atom stereocenters. The van der Waals surface area contributed by atoms with E-state index >= 15 is 0 Å². The number of nitriles is 1. The van der Waals surface area contributed by atoms with Crippen LogP contribution in [0.1, 0.15) is 62.5 Å². The van der Waals surface area contributed by atoms with Crippen molar-refractivity contribution in [1.82, 2.24) is 9.80 Å². The smallest absolute Gasteiger partial charge is 0.410 e. The molecule has 2 bridgehead atoms. The zero-order chi connectivity index (χ0) is 24.4. The Morgan fingerprint density at radius 1 is 0.971 bits per heavy atom. The molecule has 0 aromatic heterocycles. The Balaban J connectivity index is 1.25. The number of ether oxygens (including phenoxy) is 2. The summed E-state index contributed by atoms with van der Waals surface area (Å²) in [6.07, 6.45) is 6.45. The molecule has 0 radical (unpaired) electrons. The van der Waals surface area contributed by atoms with E-state index in [4.69, 9.17) is 14.7 Å². The van der Waals surface area contributed by atoms with Gasteiger partial charge in [-0.05, 0) is 105 Å². The monoisotopic (exact) mass is 473 g/mol. The van der Waals surface area contributed by atoms with E-state index in [-0.39, 0.29) is 6.09 Å². The minimum atomic E-state index is -0.119. The van der Waals surface area contributed by atoms with E-state index in [2.05, 4.69) is 29.2 Å². The zero-order valence-corrected chi connectivity index (χ0v) is 20.8. The highest BCUT2D eigenvalue weighted by Crippen LogP contribution is 2.41. The standard InChI is InChI=1S/C29H35N3O3/c1-3-35-29(33)32-24-9-10-25(32)18-26(17-24)31-14-12-22(13-15-31)27-16-23(8-11-28(27)34-2)21-6-4-20(19-30)5-7-21/h4-8,11,16,22,24-26H,3,9-10,12-15,17-18H2,1-2H3. The topological polar surface area (TPSA) is 65.8 Å². The summed E-state index contributed by atoms with van der Waals surface area (Å²) in [4.78, 5) is 17.1. The number of carbonyl (C=O) groups is 1. The van der Waals surface area contributed by atoms with E-state index in [1.54, 1.807) is 7.11 Å². The van der Waals surface area contributed by atoms with Crippen LogP contribution in [-0.4, -0.2) is 60.8 Å². The van der Waals surface area contributed by atoms with E-state index < -0.39 is 0 Å². The Labute approximate surface area is 208 Å². The molecule has 3 aliphatic heterocycles. The Bertz CT molecular complexity index is 1070. The number of hydrogen-bond acceptors (Lipinski definition) is 5. The van der Waals surface area contributed by atoms with Crippen LogP contribution < -0.4 is 4.74 Å². The number of methoxy groups -OCH3 is 1. The van der Waals surface area contributed by atoms with Crippen LogP contribution in [0.4, 0.5) is 4.79 Å². The number of likely N-dealkylation sites (tertiary alicyclic amines) is 1. The Morgan fingerprint density at radius 2 is 1.63 bits per heavy atom. The second-order valence-corrected chi connectivity index (χ2v) is 10.1. The zero-order valence-electron chi connectivity index (χ0n) is 20.8. The van der Waals surface area contributed by atoms with Gasteiger partial charge in [-0.2, -0.15) is 5.26 Å². The molecule has 0 N–H and O–H groups in total.